The highest BCUT2D eigenvalue weighted by Gasteiger charge is 2.18. The monoisotopic (exact) mass is 345 g/mol. The van der Waals surface area contributed by atoms with Gasteiger partial charge in [0.25, 0.3) is 0 Å². The van der Waals surface area contributed by atoms with E-state index in [1.54, 1.807) is 6.33 Å². The maximum Gasteiger partial charge on any atom is 0.161 e. The minimum Gasteiger partial charge on any atom is -0.354 e. The van der Waals surface area contributed by atoms with Crippen molar-refractivity contribution in [3.05, 3.63) is 54.0 Å². The van der Waals surface area contributed by atoms with Gasteiger partial charge >= 0.3 is 0 Å². The van der Waals surface area contributed by atoms with Crippen LogP contribution >= 0.6 is 0 Å². The predicted octanol–water partition coefficient (Wildman–Crippen LogP) is 3.91. The van der Waals surface area contributed by atoms with Gasteiger partial charge in [-0.25, -0.2) is 0 Å². The number of fused-ring (bicyclic) bond motifs is 2. The van der Waals surface area contributed by atoms with Gasteiger partial charge in [0.05, 0.1) is 0 Å². The third kappa shape index (κ3) is 2.51. The quantitative estimate of drug-likeness (QED) is 0.592. The second kappa shape index (κ2) is 6.25. The summed E-state index contributed by atoms with van der Waals surface area (Å²) >= 11 is 0. The Morgan fingerprint density at radius 2 is 2.04 bits per heavy atom. The number of rotatable bonds is 3. The molecule has 4 aromatic rings. The second-order valence-corrected chi connectivity index (χ2v) is 7.17. The van der Waals surface area contributed by atoms with Gasteiger partial charge in [0, 0.05) is 28.4 Å². The lowest BCUT2D eigenvalue weighted by atomic mass is 9.89. The van der Waals surface area contributed by atoms with Crippen molar-refractivity contribution in [2.24, 2.45) is 0 Å². The van der Waals surface area contributed by atoms with E-state index in [1.807, 2.05) is 10.6 Å². The molecule has 1 aromatic carbocycles. The summed E-state index contributed by atoms with van der Waals surface area (Å²) in [6.45, 7) is 4.49. The van der Waals surface area contributed by atoms with Crippen molar-refractivity contribution in [3.8, 4) is 11.3 Å². The summed E-state index contributed by atoms with van der Waals surface area (Å²) in [6.07, 6.45) is 7.22. The molecule has 1 aliphatic rings. The van der Waals surface area contributed by atoms with Crippen molar-refractivity contribution in [2.75, 3.05) is 13.1 Å². The summed E-state index contributed by atoms with van der Waals surface area (Å²) in [7, 11) is 0. The van der Waals surface area contributed by atoms with Crippen LogP contribution in [-0.2, 0) is 6.42 Å². The number of piperidine rings is 1. The Labute approximate surface area is 152 Å². The normalized spacial score (nSPS) is 15.9. The maximum absolute atomic E-state index is 4.18. The highest BCUT2D eigenvalue weighted by Crippen LogP contribution is 2.34. The molecule has 0 bridgehead atoms. The molecule has 26 heavy (non-hydrogen) atoms. The standard InChI is InChI=1S/C21H23N5/c1-2-17-18-11-15(14-5-8-22-9-6-14)3-4-19(18)24-21(17)16-7-10-26-13-23-25-20(26)12-16/h3-4,7,10-14,22,24H,2,5-6,8-9H2,1H3. The van der Waals surface area contributed by atoms with Gasteiger partial charge in [-0.05, 0) is 73.7 Å². The van der Waals surface area contributed by atoms with Crippen molar-refractivity contribution < 1.29 is 0 Å². The highest BCUT2D eigenvalue weighted by atomic mass is 15.2. The van der Waals surface area contributed by atoms with Gasteiger partial charge in [-0.15, -0.1) is 10.2 Å². The Kier molecular flexibility index (Phi) is 3.75. The molecule has 0 amide bonds. The minimum atomic E-state index is 0.677. The van der Waals surface area contributed by atoms with E-state index in [-0.39, 0.29) is 0 Å². The molecule has 1 saturated heterocycles. The van der Waals surface area contributed by atoms with Crippen LogP contribution in [0.5, 0.6) is 0 Å². The molecule has 0 saturated carbocycles. The van der Waals surface area contributed by atoms with E-state index in [4.69, 9.17) is 0 Å². The molecular formula is C21H23N5. The molecule has 5 nitrogen and oxygen atoms in total. The van der Waals surface area contributed by atoms with Gasteiger partial charge in [-0.1, -0.05) is 13.0 Å². The second-order valence-electron chi connectivity index (χ2n) is 7.17. The lowest BCUT2D eigenvalue weighted by Crippen LogP contribution is -2.26. The first-order chi connectivity index (χ1) is 12.8. The number of pyridine rings is 1. The zero-order valence-corrected chi connectivity index (χ0v) is 15.0. The minimum absolute atomic E-state index is 0.677. The Morgan fingerprint density at radius 1 is 1.15 bits per heavy atom. The van der Waals surface area contributed by atoms with Gasteiger partial charge in [0.2, 0.25) is 0 Å². The molecule has 0 atom stereocenters. The van der Waals surface area contributed by atoms with Gasteiger partial charge in [0.15, 0.2) is 5.65 Å². The first-order valence-corrected chi connectivity index (χ1v) is 9.48. The van der Waals surface area contributed by atoms with Crippen LogP contribution in [0, 0.1) is 0 Å². The average Bonchev–Trinajstić information content (AvgIpc) is 3.31. The van der Waals surface area contributed by atoms with Crippen LogP contribution in [0.15, 0.2) is 42.9 Å². The molecular weight excluding hydrogens is 322 g/mol. The SMILES string of the molecule is CCc1c(-c2ccn3cnnc3c2)[nH]c2ccc(C3CCNCC3)cc12. The van der Waals surface area contributed by atoms with Crippen LogP contribution in [0.25, 0.3) is 27.8 Å². The fourth-order valence-corrected chi connectivity index (χ4v) is 4.26. The van der Waals surface area contributed by atoms with Crippen LogP contribution < -0.4 is 5.32 Å². The number of aromatic nitrogens is 4. The molecule has 2 N–H and O–H groups in total. The maximum atomic E-state index is 4.18. The fourth-order valence-electron chi connectivity index (χ4n) is 4.26. The summed E-state index contributed by atoms with van der Waals surface area (Å²) < 4.78 is 1.94. The number of nitrogens with zero attached hydrogens (tertiary/aromatic N) is 3. The van der Waals surface area contributed by atoms with Gasteiger partial charge in [0.1, 0.15) is 6.33 Å². The zero-order chi connectivity index (χ0) is 17.5. The Hall–Kier alpha value is -2.66. The summed E-state index contributed by atoms with van der Waals surface area (Å²) in [6, 6.07) is 11.2. The third-order valence-corrected chi connectivity index (χ3v) is 5.68. The van der Waals surface area contributed by atoms with E-state index < -0.39 is 0 Å². The summed E-state index contributed by atoms with van der Waals surface area (Å²) in [5, 5.41) is 13.0. The molecule has 4 heterocycles. The Morgan fingerprint density at radius 3 is 2.88 bits per heavy atom. The molecule has 0 spiro atoms. The van der Waals surface area contributed by atoms with E-state index in [1.165, 1.54) is 46.1 Å². The number of H-pyrrole nitrogens is 1. The fraction of sp³-hybridized carbons (Fsp3) is 0.333. The van der Waals surface area contributed by atoms with Crippen LogP contribution in [0.2, 0.25) is 0 Å². The Balaban J connectivity index is 1.63. The van der Waals surface area contributed by atoms with Gasteiger partial charge in [-0.3, -0.25) is 4.40 Å². The lowest BCUT2D eigenvalue weighted by Gasteiger charge is -2.23. The van der Waals surface area contributed by atoms with Crippen molar-refractivity contribution in [2.45, 2.75) is 32.1 Å². The van der Waals surface area contributed by atoms with Crippen molar-refractivity contribution in [3.63, 3.8) is 0 Å². The van der Waals surface area contributed by atoms with E-state index in [2.05, 4.69) is 57.8 Å². The topological polar surface area (TPSA) is 58.0 Å². The molecule has 0 radical (unpaired) electrons. The number of benzene rings is 1. The number of aromatic amines is 1. The van der Waals surface area contributed by atoms with E-state index in [9.17, 15) is 0 Å². The van der Waals surface area contributed by atoms with Crippen molar-refractivity contribution >= 4 is 16.6 Å². The van der Waals surface area contributed by atoms with Crippen LogP contribution in [0.1, 0.15) is 36.8 Å². The van der Waals surface area contributed by atoms with E-state index >= 15 is 0 Å². The molecule has 5 rings (SSSR count). The van der Waals surface area contributed by atoms with Crippen molar-refractivity contribution in [1.82, 2.24) is 24.9 Å². The molecule has 3 aromatic heterocycles. The first kappa shape index (κ1) is 15.6. The molecule has 132 valence electrons. The number of aryl methyl sites for hydroxylation is 1. The summed E-state index contributed by atoms with van der Waals surface area (Å²) in [5.74, 6) is 0.677. The number of hydrogen-bond acceptors (Lipinski definition) is 3. The molecule has 1 fully saturated rings. The van der Waals surface area contributed by atoms with Crippen LogP contribution in [0.4, 0.5) is 0 Å². The molecule has 0 aliphatic carbocycles. The summed E-state index contributed by atoms with van der Waals surface area (Å²) in [4.78, 5) is 3.65. The van der Waals surface area contributed by atoms with Crippen LogP contribution in [0.3, 0.4) is 0 Å². The number of nitrogens with one attached hydrogen (secondary N) is 2. The predicted molar refractivity (Wildman–Crippen MR) is 105 cm³/mol. The lowest BCUT2D eigenvalue weighted by molar-refractivity contribution is 0.460. The first-order valence-electron chi connectivity index (χ1n) is 9.48. The number of hydrogen-bond donors (Lipinski definition) is 2. The van der Waals surface area contributed by atoms with Crippen molar-refractivity contribution in [1.29, 1.82) is 0 Å². The highest BCUT2D eigenvalue weighted by molar-refractivity contribution is 5.91. The van der Waals surface area contributed by atoms with E-state index in [0.717, 1.165) is 25.2 Å². The van der Waals surface area contributed by atoms with Gasteiger partial charge in [-0.2, -0.15) is 0 Å². The third-order valence-electron chi connectivity index (χ3n) is 5.68. The van der Waals surface area contributed by atoms with Crippen LogP contribution in [-0.4, -0.2) is 32.7 Å². The Bertz CT molecular complexity index is 1070. The average molecular weight is 345 g/mol. The molecule has 5 heteroatoms. The van der Waals surface area contributed by atoms with E-state index in [0.29, 0.717) is 5.92 Å². The molecule has 1 aliphatic heterocycles. The molecule has 0 unspecified atom stereocenters. The summed E-state index contributed by atoms with van der Waals surface area (Å²) in [5.41, 5.74) is 7.33. The smallest absolute Gasteiger partial charge is 0.161 e. The zero-order valence-electron chi connectivity index (χ0n) is 15.0. The van der Waals surface area contributed by atoms with Gasteiger partial charge < -0.3 is 10.3 Å². The largest absolute Gasteiger partial charge is 0.354 e.